The lowest BCUT2D eigenvalue weighted by molar-refractivity contribution is -0.156. The van der Waals surface area contributed by atoms with Gasteiger partial charge in [0.2, 0.25) is 5.91 Å². The third-order valence-corrected chi connectivity index (χ3v) is 8.01. The Bertz CT molecular complexity index is 1100. The fraction of sp³-hybridized carbons (Fsp3) is 0.500. The summed E-state index contributed by atoms with van der Waals surface area (Å²) in [6, 6.07) is 4.41. The van der Waals surface area contributed by atoms with E-state index in [0.29, 0.717) is 35.1 Å². The summed E-state index contributed by atoms with van der Waals surface area (Å²) in [5.41, 5.74) is -0.289. The molecule has 1 aromatic heterocycles. The lowest BCUT2D eigenvalue weighted by Gasteiger charge is -2.38. The van der Waals surface area contributed by atoms with E-state index < -0.39 is 34.7 Å². The topological polar surface area (TPSA) is 111 Å². The maximum atomic E-state index is 13.1. The molecule has 8 nitrogen and oxygen atoms in total. The molecule has 0 radical (unpaired) electrons. The van der Waals surface area contributed by atoms with E-state index in [-0.39, 0.29) is 12.3 Å². The number of esters is 1. The number of hydrogen-bond donors (Lipinski definition) is 2. The summed E-state index contributed by atoms with van der Waals surface area (Å²) < 4.78 is 6.73. The van der Waals surface area contributed by atoms with Gasteiger partial charge in [-0.25, -0.2) is 9.78 Å². The highest BCUT2D eigenvalue weighted by Crippen LogP contribution is 2.56. The Labute approximate surface area is 208 Å². The summed E-state index contributed by atoms with van der Waals surface area (Å²) in [7, 11) is 1.26. The van der Waals surface area contributed by atoms with E-state index in [4.69, 9.17) is 27.9 Å². The van der Waals surface area contributed by atoms with Gasteiger partial charge in [-0.1, -0.05) is 43.1 Å². The van der Waals surface area contributed by atoms with Gasteiger partial charge in [-0.05, 0) is 42.9 Å². The number of halogens is 2. The molecule has 0 spiro atoms. The number of amides is 1. The maximum Gasteiger partial charge on any atom is 0.328 e. The van der Waals surface area contributed by atoms with E-state index >= 15 is 0 Å². The molecule has 3 rings (SSSR count). The van der Waals surface area contributed by atoms with Gasteiger partial charge >= 0.3 is 11.9 Å². The van der Waals surface area contributed by atoms with Gasteiger partial charge in [-0.15, -0.1) is 0 Å². The van der Waals surface area contributed by atoms with E-state index in [1.54, 1.807) is 45.4 Å². The summed E-state index contributed by atoms with van der Waals surface area (Å²) in [4.78, 5) is 41.8. The summed E-state index contributed by atoms with van der Waals surface area (Å²) in [6.45, 7) is 5.75. The first-order valence-corrected chi connectivity index (χ1v) is 11.7. The highest BCUT2D eigenvalue weighted by molar-refractivity contribution is 6.42. The van der Waals surface area contributed by atoms with Gasteiger partial charge in [-0.3, -0.25) is 9.59 Å². The number of carboxylic acid groups (broad SMARTS) is 1. The lowest BCUT2D eigenvalue weighted by Crippen LogP contribution is -2.50. The number of methoxy groups -OCH3 is 1. The number of ether oxygens (including phenoxy) is 1. The van der Waals surface area contributed by atoms with Gasteiger partial charge in [0.05, 0.1) is 34.6 Å². The molecule has 1 heterocycles. The van der Waals surface area contributed by atoms with Crippen LogP contribution in [0.1, 0.15) is 44.9 Å². The Morgan fingerprint density at radius 3 is 2.56 bits per heavy atom. The maximum absolute atomic E-state index is 13.1. The van der Waals surface area contributed by atoms with E-state index in [2.05, 4.69) is 10.3 Å². The highest BCUT2D eigenvalue weighted by atomic mass is 35.5. The van der Waals surface area contributed by atoms with E-state index in [0.717, 1.165) is 5.56 Å². The van der Waals surface area contributed by atoms with Crippen molar-refractivity contribution in [3.05, 3.63) is 52.0 Å². The van der Waals surface area contributed by atoms with Gasteiger partial charge in [0, 0.05) is 25.1 Å². The van der Waals surface area contributed by atoms with Crippen LogP contribution in [0.2, 0.25) is 10.0 Å². The minimum absolute atomic E-state index is 0.135. The molecule has 184 valence electrons. The number of nitrogens with zero attached hydrogens (tertiary/aromatic N) is 2. The summed E-state index contributed by atoms with van der Waals surface area (Å²) in [5, 5.41) is 13.4. The van der Waals surface area contributed by atoms with Crippen LogP contribution in [0.4, 0.5) is 0 Å². The minimum atomic E-state index is -1.03. The van der Waals surface area contributed by atoms with Crippen molar-refractivity contribution in [1.82, 2.24) is 14.9 Å². The fourth-order valence-corrected chi connectivity index (χ4v) is 4.93. The molecule has 0 unspecified atom stereocenters. The largest absolute Gasteiger partial charge is 0.481 e. The van der Waals surface area contributed by atoms with Crippen LogP contribution in [0.3, 0.4) is 0 Å². The van der Waals surface area contributed by atoms with Crippen LogP contribution in [0.15, 0.2) is 30.7 Å². The number of carbonyl (C=O) groups is 3. The predicted octanol–water partition coefficient (Wildman–Crippen LogP) is 3.97. The first-order chi connectivity index (χ1) is 15.9. The molecule has 2 aromatic rings. The molecular formula is C24H29Cl2N3O5. The van der Waals surface area contributed by atoms with Crippen molar-refractivity contribution in [2.75, 3.05) is 7.11 Å². The van der Waals surface area contributed by atoms with Crippen molar-refractivity contribution < 1.29 is 24.2 Å². The van der Waals surface area contributed by atoms with Crippen LogP contribution in [0.25, 0.3) is 0 Å². The van der Waals surface area contributed by atoms with Crippen molar-refractivity contribution in [1.29, 1.82) is 0 Å². The molecule has 1 fully saturated rings. The molecule has 10 heteroatoms. The second-order valence-corrected chi connectivity index (χ2v) is 10.3. The minimum Gasteiger partial charge on any atom is -0.481 e. The smallest absolute Gasteiger partial charge is 0.328 e. The Kier molecular flexibility index (Phi) is 7.62. The summed E-state index contributed by atoms with van der Waals surface area (Å²) in [5.74, 6) is -2.43. The molecular weight excluding hydrogens is 481 g/mol. The Balaban J connectivity index is 1.71. The van der Waals surface area contributed by atoms with Crippen molar-refractivity contribution in [3.8, 4) is 0 Å². The van der Waals surface area contributed by atoms with Crippen molar-refractivity contribution >= 4 is 41.0 Å². The van der Waals surface area contributed by atoms with Gasteiger partial charge in [0.15, 0.2) is 0 Å². The molecule has 1 amide bonds. The van der Waals surface area contributed by atoms with E-state index in [1.807, 2.05) is 10.6 Å². The molecule has 0 aliphatic heterocycles. The number of carbonyl (C=O) groups excluding carboxylic acids is 2. The van der Waals surface area contributed by atoms with Crippen molar-refractivity contribution in [2.45, 2.75) is 52.6 Å². The Hall–Kier alpha value is -2.58. The standard InChI is InChI=1S/C24H29Cl2N3O5/c1-23(2)16(7-8-24(23,3)22(32)33)20(30)28-19(21(31)34-4)10-15-12-29(13-27-15)11-14-5-6-17(25)18(26)9-14/h5-6,9,12-13,16,19H,7-8,10-11H2,1-4H3,(H,28,30)(H,32,33)/t16-,19+,24+/m1/s1. The normalized spacial score (nSPS) is 22.2. The number of rotatable bonds is 8. The fourth-order valence-electron chi connectivity index (χ4n) is 4.61. The van der Waals surface area contributed by atoms with Crippen LogP contribution in [0.5, 0.6) is 0 Å². The SMILES string of the molecule is COC(=O)[C@H](Cc1cn(Cc2ccc(Cl)c(Cl)c2)cn1)NC(=O)[C@H]1CC[C@@](C)(C(=O)O)C1(C)C. The molecule has 0 saturated heterocycles. The third kappa shape index (κ3) is 5.08. The number of aromatic nitrogens is 2. The average molecular weight is 510 g/mol. The number of imidazole rings is 1. The molecule has 0 bridgehead atoms. The van der Waals surface area contributed by atoms with Gasteiger partial charge in [0.1, 0.15) is 6.04 Å². The van der Waals surface area contributed by atoms with Crippen LogP contribution < -0.4 is 5.32 Å². The lowest BCUT2D eigenvalue weighted by atomic mass is 9.65. The van der Waals surface area contributed by atoms with Crippen molar-refractivity contribution in [2.24, 2.45) is 16.7 Å². The third-order valence-electron chi connectivity index (χ3n) is 7.27. The number of benzene rings is 1. The molecule has 34 heavy (non-hydrogen) atoms. The van der Waals surface area contributed by atoms with Gasteiger partial charge in [-0.2, -0.15) is 0 Å². The van der Waals surface area contributed by atoms with Crippen molar-refractivity contribution in [3.63, 3.8) is 0 Å². The zero-order valence-electron chi connectivity index (χ0n) is 19.6. The Morgan fingerprint density at radius 2 is 1.97 bits per heavy atom. The number of nitrogens with one attached hydrogen (secondary N) is 1. The second kappa shape index (κ2) is 9.96. The quantitative estimate of drug-likeness (QED) is 0.520. The van der Waals surface area contributed by atoms with E-state index in [9.17, 15) is 19.5 Å². The highest BCUT2D eigenvalue weighted by Gasteiger charge is 2.58. The van der Waals surface area contributed by atoms with Crippen LogP contribution in [-0.2, 0) is 32.1 Å². The van der Waals surface area contributed by atoms with Gasteiger partial charge < -0.3 is 19.7 Å². The number of hydrogen-bond acceptors (Lipinski definition) is 5. The first kappa shape index (κ1) is 26.0. The Morgan fingerprint density at radius 1 is 1.26 bits per heavy atom. The number of carboxylic acids is 1. The molecule has 1 aromatic carbocycles. The molecule has 1 saturated carbocycles. The molecule has 3 atom stereocenters. The van der Waals surface area contributed by atoms with Crippen LogP contribution in [0, 0.1) is 16.7 Å². The monoisotopic (exact) mass is 509 g/mol. The van der Waals surface area contributed by atoms with Gasteiger partial charge in [0.25, 0.3) is 0 Å². The first-order valence-electron chi connectivity index (χ1n) is 10.9. The van der Waals surface area contributed by atoms with Crippen LogP contribution in [-0.4, -0.2) is 45.7 Å². The summed E-state index contributed by atoms with van der Waals surface area (Å²) >= 11 is 12.0. The van der Waals surface area contributed by atoms with E-state index in [1.165, 1.54) is 7.11 Å². The zero-order valence-corrected chi connectivity index (χ0v) is 21.1. The second-order valence-electron chi connectivity index (χ2n) is 9.52. The molecule has 1 aliphatic carbocycles. The predicted molar refractivity (Wildman–Crippen MR) is 128 cm³/mol. The zero-order chi connectivity index (χ0) is 25.3. The number of aliphatic carboxylic acids is 1. The van der Waals surface area contributed by atoms with Crippen LogP contribution >= 0.6 is 23.2 Å². The average Bonchev–Trinajstić information content (AvgIpc) is 3.31. The summed E-state index contributed by atoms with van der Waals surface area (Å²) in [6.07, 6.45) is 4.36. The molecule has 2 N–H and O–H groups in total. The molecule has 1 aliphatic rings.